The Labute approximate surface area is 168 Å². The van der Waals surface area contributed by atoms with Gasteiger partial charge in [0.2, 0.25) is 5.91 Å². The average Bonchev–Trinajstić information content (AvgIpc) is 3.36. The zero-order valence-corrected chi connectivity index (χ0v) is 17.2. The number of amides is 1. The Balaban J connectivity index is 1.43. The molecule has 7 nitrogen and oxygen atoms in total. The van der Waals surface area contributed by atoms with Crippen molar-refractivity contribution in [3.05, 3.63) is 55.4 Å². The molecule has 144 valence electrons. The van der Waals surface area contributed by atoms with Crippen molar-refractivity contribution < 1.29 is 9.21 Å². The number of hydrogen-bond donors (Lipinski definition) is 1. The van der Waals surface area contributed by atoms with E-state index in [0.29, 0.717) is 21.7 Å². The highest BCUT2D eigenvalue weighted by atomic mass is 32.1. The van der Waals surface area contributed by atoms with Crippen molar-refractivity contribution in [1.29, 1.82) is 0 Å². The summed E-state index contributed by atoms with van der Waals surface area (Å²) in [6.07, 6.45) is 1.43. The average molecular weight is 415 g/mol. The number of rotatable bonds is 5. The second kappa shape index (κ2) is 7.33. The lowest BCUT2D eigenvalue weighted by Gasteiger charge is -2.06. The van der Waals surface area contributed by atoms with Crippen molar-refractivity contribution >= 4 is 38.8 Å². The maximum absolute atomic E-state index is 12.7. The minimum Gasteiger partial charge on any atom is -0.458 e. The Morgan fingerprint density at radius 2 is 2.11 bits per heavy atom. The van der Waals surface area contributed by atoms with Gasteiger partial charge in [-0.3, -0.25) is 14.2 Å². The molecule has 0 unspecified atom stereocenters. The van der Waals surface area contributed by atoms with Gasteiger partial charge in [0, 0.05) is 10.3 Å². The van der Waals surface area contributed by atoms with Gasteiger partial charge in [-0.05, 0) is 38.5 Å². The van der Waals surface area contributed by atoms with E-state index >= 15 is 0 Å². The Hall–Kier alpha value is -2.78. The summed E-state index contributed by atoms with van der Waals surface area (Å²) in [4.78, 5) is 35.4. The molecule has 1 amide bonds. The molecule has 4 rings (SSSR count). The first-order valence-corrected chi connectivity index (χ1v) is 10.3. The lowest BCUT2D eigenvalue weighted by molar-refractivity contribution is -0.121. The Morgan fingerprint density at radius 3 is 2.86 bits per heavy atom. The number of carbonyl (C=O) groups excluding carboxylic acids is 1. The number of carbonyl (C=O) groups is 1. The van der Waals surface area contributed by atoms with Gasteiger partial charge >= 0.3 is 0 Å². The number of furan rings is 1. The number of fused-ring (bicyclic) bond motifs is 1. The fourth-order valence-corrected chi connectivity index (χ4v) is 4.46. The predicted molar refractivity (Wildman–Crippen MR) is 110 cm³/mol. The molecule has 0 atom stereocenters. The van der Waals surface area contributed by atoms with Crippen LogP contribution in [0.5, 0.6) is 0 Å². The van der Waals surface area contributed by atoms with E-state index < -0.39 is 0 Å². The molecular formula is C19H18N4O3S2. The smallest absolute Gasteiger partial charge is 0.262 e. The van der Waals surface area contributed by atoms with E-state index in [1.807, 2.05) is 38.3 Å². The number of nitrogens with zero attached hydrogens (tertiary/aromatic N) is 3. The van der Waals surface area contributed by atoms with Crippen LogP contribution in [0.25, 0.3) is 21.7 Å². The van der Waals surface area contributed by atoms with Crippen molar-refractivity contribution in [2.24, 2.45) is 0 Å². The molecule has 0 aromatic carbocycles. The lowest BCUT2D eigenvalue weighted by atomic mass is 10.2. The van der Waals surface area contributed by atoms with E-state index in [2.05, 4.69) is 15.3 Å². The number of aryl methyl sites for hydroxylation is 3. The van der Waals surface area contributed by atoms with Crippen LogP contribution in [0, 0.1) is 20.8 Å². The van der Waals surface area contributed by atoms with Gasteiger partial charge in [-0.2, -0.15) is 0 Å². The summed E-state index contributed by atoms with van der Waals surface area (Å²) in [6.45, 7) is 5.95. The van der Waals surface area contributed by atoms with Crippen LogP contribution in [0.2, 0.25) is 0 Å². The molecule has 0 saturated heterocycles. The number of thiophene rings is 1. The van der Waals surface area contributed by atoms with Gasteiger partial charge in [0.05, 0.1) is 23.3 Å². The van der Waals surface area contributed by atoms with Crippen molar-refractivity contribution in [3.63, 3.8) is 0 Å². The highest BCUT2D eigenvalue weighted by molar-refractivity contribution is 7.18. The molecule has 0 fully saturated rings. The summed E-state index contributed by atoms with van der Waals surface area (Å²) in [6, 6.07) is 3.64. The Morgan fingerprint density at radius 1 is 1.29 bits per heavy atom. The maximum atomic E-state index is 12.7. The molecule has 0 bridgehead atoms. The minimum absolute atomic E-state index is 0.0883. The van der Waals surface area contributed by atoms with Crippen LogP contribution in [0.1, 0.15) is 21.2 Å². The number of aromatic nitrogens is 3. The van der Waals surface area contributed by atoms with Gasteiger partial charge in [0.1, 0.15) is 22.8 Å². The molecule has 28 heavy (non-hydrogen) atoms. The molecule has 4 aromatic rings. The van der Waals surface area contributed by atoms with E-state index in [1.54, 1.807) is 11.3 Å². The molecule has 0 aliphatic carbocycles. The summed E-state index contributed by atoms with van der Waals surface area (Å²) in [7, 11) is 0. The largest absolute Gasteiger partial charge is 0.458 e. The second-order valence-electron chi connectivity index (χ2n) is 6.44. The predicted octanol–water partition coefficient (Wildman–Crippen LogP) is 3.42. The maximum Gasteiger partial charge on any atom is 0.262 e. The van der Waals surface area contributed by atoms with Crippen LogP contribution in [0.3, 0.4) is 0 Å². The highest BCUT2D eigenvalue weighted by Crippen LogP contribution is 2.25. The summed E-state index contributed by atoms with van der Waals surface area (Å²) in [5.74, 6) is 1.01. The first kappa shape index (κ1) is 18.6. The molecule has 0 aliphatic heterocycles. The van der Waals surface area contributed by atoms with Crippen molar-refractivity contribution in [2.75, 3.05) is 0 Å². The third kappa shape index (κ3) is 3.50. The molecule has 4 heterocycles. The van der Waals surface area contributed by atoms with Crippen LogP contribution >= 0.6 is 22.7 Å². The molecule has 0 radical (unpaired) electrons. The number of hydrogen-bond acceptors (Lipinski definition) is 7. The van der Waals surface area contributed by atoms with Crippen molar-refractivity contribution in [1.82, 2.24) is 19.9 Å². The van der Waals surface area contributed by atoms with Crippen LogP contribution in [-0.4, -0.2) is 20.4 Å². The topological polar surface area (TPSA) is 90.0 Å². The van der Waals surface area contributed by atoms with Gasteiger partial charge in [-0.25, -0.2) is 9.97 Å². The first-order chi connectivity index (χ1) is 13.4. The number of nitrogens with one attached hydrogen (secondary N) is 1. The third-order valence-corrected chi connectivity index (χ3v) is 6.35. The van der Waals surface area contributed by atoms with E-state index in [1.165, 1.54) is 22.2 Å². The first-order valence-electron chi connectivity index (χ1n) is 8.65. The van der Waals surface area contributed by atoms with Gasteiger partial charge < -0.3 is 9.73 Å². The number of thiazole rings is 1. The Kier molecular flexibility index (Phi) is 4.86. The highest BCUT2D eigenvalue weighted by Gasteiger charge is 2.14. The van der Waals surface area contributed by atoms with Crippen LogP contribution in [-0.2, 0) is 17.9 Å². The SMILES string of the molecule is Cc1nc(-c2ccc(CNC(=O)Cn3cnc4sc(C)c(C)c4c3=O)o2)cs1. The molecule has 0 saturated carbocycles. The van der Waals surface area contributed by atoms with Gasteiger partial charge in [0.15, 0.2) is 5.76 Å². The standard InChI is InChI=1S/C19H18N4O3S2/c1-10-11(2)28-18-17(10)19(25)23(9-21-18)7-16(24)20-6-13-4-5-15(26-13)14-8-27-12(3)22-14/h4-5,8-9H,6-7H2,1-3H3,(H,20,24). The molecule has 9 heteroatoms. The Bertz CT molecular complexity index is 1230. The third-order valence-electron chi connectivity index (χ3n) is 4.46. The zero-order chi connectivity index (χ0) is 19.8. The van der Waals surface area contributed by atoms with E-state index in [-0.39, 0.29) is 24.6 Å². The summed E-state index contributed by atoms with van der Waals surface area (Å²) in [5, 5.41) is 6.26. The lowest BCUT2D eigenvalue weighted by Crippen LogP contribution is -2.32. The summed E-state index contributed by atoms with van der Waals surface area (Å²) < 4.78 is 7.07. The van der Waals surface area contributed by atoms with E-state index in [0.717, 1.165) is 21.1 Å². The molecule has 4 aromatic heterocycles. The van der Waals surface area contributed by atoms with Crippen LogP contribution in [0.15, 0.2) is 33.1 Å². The van der Waals surface area contributed by atoms with Gasteiger partial charge in [-0.1, -0.05) is 0 Å². The quantitative estimate of drug-likeness (QED) is 0.540. The van der Waals surface area contributed by atoms with Crippen LogP contribution in [0.4, 0.5) is 0 Å². The van der Waals surface area contributed by atoms with E-state index in [4.69, 9.17) is 4.42 Å². The monoisotopic (exact) mass is 414 g/mol. The zero-order valence-electron chi connectivity index (χ0n) is 15.6. The molecule has 1 N–H and O–H groups in total. The fourth-order valence-electron chi connectivity index (χ4n) is 2.87. The van der Waals surface area contributed by atoms with Crippen molar-refractivity contribution in [2.45, 2.75) is 33.9 Å². The van der Waals surface area contributed by atoms with Gasteiger partial charge in [-0.15, -0.1) is 22.7 Å². The summed E-state index contributed by atoms with van der Waals surface area (Å²) in [5.41, 5.74) is 1.52. The second-order valence-corrected chi connectivity index (χ2v) is 8.70. The molecule has 0 aliphatic rings. The summed E-state index contributed by atoms with van der Waals surface area (Å²) >= 11 is 3.04. The fraction of sp³-hybridized carbons (Fsp3) is 0.263. The molecule has 0 spiro atoms. The van der Waals surface area contributed by atoms with Crippen LogP contribution < -0.4 is 10.9 Å². The normalized spacial score (nSPS) is 11.2. The molecular weight excluding hydrogens is 396 g/mol. The van der Waals surface area contributed by atoms with E-state index in [9.17, 15) is 9.59 Å². The van der Waals surface area contributed by atoms with Crippen molar-refractivity contribution in [3.8, 4) is 11.5 Å². The van der Waals surface area contributed by atoms with Gasteiger partial charge in [0.25, 0.3) is 5.56 Å². The minimum atomic E-state index is -0.282.